The van der Waals surface area contributed by atoms with Gasteiger partial charge in [0.25, 0.3) is 5.91 Å². The maximum absolute atomic E-state index is 12.9. The molecule has 0 unspecified atom stereocenters. The number of imidazole rings is 1. The van der Waals surface area contributed by atoms with Gasteiger partial charge in [-0.2, -0.15) is 0 Å². The van der Waals surface area contributed by atoms with E-state index in [-0.39, 0.29) is 5.91 Å². The van der Waals surface area contributed by atoms with E-state index in [9.17, 15) is 4.79 Å². The number of nitrogens with zero attached hydrogens (tertiary/aromatic N) is 3. The highest BCUT2D eigenvalue weighted by Gasteiger charge is 2.14. The van der Waals surface area contributed by atoms with Crippen LogP contribution in [0.15, 0.2) is 73.3 Å². The first-order valence-electron chi connectivity index (χ1n) is 9.11. The number of halogens is 1. The summed E-state index contributed by atoms with van der Waals surface area (Å²) in [7, 11) is 0. The van der Waals surface area contributed by atoms with Crippen molar-refractivity contribution in [2.45, 2.75) is 13.0 Å². The molecule has 0 radical (unpaired) electrons. The second kappa shape index (κ2) is 8.23. The molecule has 0 saturated heterocycles. The van der Waals surface area contributed by atoms with Crippen molar-refractivity contribution >= 4 is 28.4 Å². The molecule has 1 N–H and O–H groups in total. The fourth-order valence-corrected chi connectivity index (χ4v) is 3.38. The van der Waals surface area contributed by atoms with Crippen LogP contribution in [-0.4, -0.2) is 27.0 Å². The number of hydrogen-bond acceptors (Lipinski definition) is 3. The van der Waals surface area contributed by atoms with Gasteiger partial charge < -0.3 is 9.88 Å². The number of rotatable bonds is 6. The monoisotopic (exact) mass is 390 g/mol. The first-order chi connectivity index (χ1) is 13.7. The Balaban J connectivity index is 1.59. The largest absolute Gasteiger partial charge is 0.352 e. The Hall–Kier alpha value is -3.18. The van der Waals surface area contributed by atoms with Crippen LogP contribution >= 0.6 is 11.6 Å². The SMILES string of the molecule is O=C(NCCCn1ccnc1)c1cc(-c2ccccc2Cl)nc2ccccc12. The van der Waals surface area contributed by atoms with E-state index in [0.717, 1.165) is 29.4 Å². The Kier molecular flexibility index (Phi) is 5.35. The van der Waals surface area contributed by atoms with Crippen LogP contribution in [0.4, 0.5) is 0 Å². The van der Waals surface area contributed by atoms with Crippen molar-refractivity contribution in [3.63, 3.8) is 0 Å². The second-order valence-electron chi connectivity index (χ2n) is 6.46. The number of carbonyl (C=O) groups excluding carboxylic acids is 1. The number of carbonyl (C=O) groups is 1. The number of pyridine rings is 1. The quantitative estimate of drug-likeness (QED) is 0.490. The molecule has 0 spiro atoms. The fourth-order valence-electron chi connectivity index (χ4n) is 3.15. The third kappa shape index (κ3) is 3.89. The highest BCUT2D eigenvalue weighted by molar-refractivity contribution is 6.33. The molecule has 0 atom stereocenters. The highest BCUT2D eigenvalue weighted by Crippen LogP contribution is 2.29. The van der Waals surface area contributed by atoms with E-state index in [0.29, 0.717) is 22.8 Å². The number of hydrogen-bond donors (Lipinski definition) is 1. The van der Waals surface area contributed by atoms with Gasteiger partial charge >= 0.3 is 0 Å². The molecule has 0 bridgehead atoms. The number of aromatic nitrogens is 3. The van der Waals surface area contributed by atoms with Crippen LogP contribution in [0.1, 0.15) is 16.8 Å². The lowest BCUT2D eigenvalue weighted by Gasteiger charge is -2.11. The zero-order valence-electron chi connectivity index (χ0n) is 15.2. The lowest BCUT2D eigenvalue weighted by molar-refractivity contribution is 0.0954. The summed E-state index contributed by atoms with van der Waals surface area (Å²) >= 11 is 6.35. The average molecular weight is 391 g/mol. The third-order valence-electron chi connectivity index (χ3n) is 4.55. The van der Waals surface area contributed by atoms with Crippen LogP contribution in [0.5, 0.6) is 0 Å². The van der Waals surface area contributed by atoms with Crippen LogP contribution in [0.2, 0.25) is 5.02 Å². The van der Waals surface area contributed by atoms with E-state index in [1.165, 1.54) is 0 Å². The smallest absolute Gasteiger partial charge is 0.252 e. The van der Waals surface area contributed by atoms with Crippen LogP contribution in [0.25, 0.3) is 22.2 Å². The van der Waals surface area contributed by atoms with E-state index in [1.54, 1.807) is 12.5 Å². The van der Waals surface area contributed by atoms with E-state index in [2.05, 4.69) is 10.3 Å². The van der Waals surface area contributed by atoms with Crippen molar-refractivity contribution in [3.8, 4) is 11.3 Å². The van der Waals surface area contributed by atoms with E-state index in [4.69, 9.17) is 16.6 Å². The van der Waals surface area contributed by atoms with E-state index >= 15 is 0 Å². The Morgan fingerprint density at radius 2 is 1.93 bits per heavy atom. The van der Waals surface area contributed by atoms with Gasteiger partial charge in [0, 0.05) is 41.5 Å². The van der Waals surface area contributed by atoms with Gasteiger partial charge in [-0.05, 0) is 24.6 Å². The summed E-state index contributed by atoms with van der Waals surface area (Å²) in [6.07, 6.45) is 6.25. The van der Waals surface area contributed by atoms with Gasteiger partial charge in [-0.1, -0.05) is 48.0 Å². The molecule has 2 heterocycles. The molecule has 6 heteroatoms. The molecule has 0 saturated carbocycles. The maximum atomic E-state index is 12.9. The summed E-state index contributed by atoms with van der Waals surface area (Å²) in [5.41, 5.74) is 2.86. The Morgan fingerprint density at radius 3 is 2.75 bits per heavy atom. The summed E-state index contributed by atoms with van der Waals surface area (Å²) in [6, 6.07) is 17.0. The number of amides is 1. The van der Waals surface area contributed by atoms with Gasteiger partial charge in [0.2, 0.25) is 0 Å². The van der Waals surface area contributed by atoms with Crippen LogP contribution in [0, 0.1) is 0 Å². The predicted octanol–water partition coefficient (Wildman–Crippen LogP) is 4.57. The van der Waals surface area contributed by atoms with Gasteiger partial charge in [-0.3, -0.25) is 4.79 Å². The molecule has 4 aromatic rings. The minimum atomic E-state index is -0.113. The zero-order valence-corrected chi connectivity index (χ0v) is 15.9. The van der Waals surface area contributed by atoms with E-state index < -0.39 is 0 Å². The van der Waals surface area contributed by atoms with Crippen molar-refractivity contribution in [1.82, 2.24) is 19.9 Å². The van der Waals surface area contributed by atoms with Crippen LogP contribution in [-0.2, 0) is 6.54 Å². The highest BCUT2D eigenvalue weighted by atomic mass is 35.5. The molecule has 2 aromatic heterocycles. The summed E-state index contributed by atoms with van der Waals surface area (Å²) in [6.45, 7) is 1.39. The third-order valence-corrected chi connectivity index (χ3v) is 4.88. The molecule has 0 fully saturated rings. The van der Waals surface area contributed by atoms with Gasteiger partial charge in [0.1, 0.15) is 0 Å². The van der Waals surface area contributed by atoms with E-state index in [1.807, 2.05) is 65.4 Å². The minimum absolute atomic E-state index is 0.113. The number of benzene rings is 2. The first-order valence-corrected chi connectivity index (χ1v) is 9.49. The van der Waals surface area contributed by atoms with Gasteiger partial charge in [0.05, 0.1) is 23.1 Å². The van der Waals surface area contributed by atoms with Gasteiger partial charge in [0.15, 0.2) is 0 Å². The molecule has 28 heavy (non-hydrogen) atoms. The molecular formula is C22H19ClN4O. The first kappa shape index (κ1) is 18.2. The maximum Gasteiger partial charge on any atom is 0.252 e. The summed E-state index contributed by atoms with van der Waals surface area (Å²) in [5, 5.41) is 4.45. The van der Waals surface area contributed by atoms with Crippen molar-refractivity contribution in [2.24, 2.45) is 0 Å². The molecule has 140 valence electrons. The van der Waals surface area contributed by atoms with Crippen LogP contribution < -0.4 is 5.32 Å². The average Bonchev–Trinajstić information content (AvgIpc) is 3.24. The zero-order chi connectivity index (χ0) is 19.3. The normalized spacial score (nSPS) is 10.9. The second-order valence-corrected chi connectivity index (χ2v) is 6.87. The minimum Gasteiger partial charge on any atom is -0.352 e. The standard InChI is InChI=1S/C22H19ClN4O/c23-19-8-3-1-7-17(19)21-14-18(16-6-2-4-9-20(16)26-21)22(28)25-10-5-12-27-13-11-24-15-27/h1-4,6-9,11,13-15H,5,10,12H2,(H,25,28). The lowest BCUT2D eigenvalue weighted by atomic mass is 10.0. The summed E-state index contributed by atoms with van der Waals surface area (Å²) < 4.78 is 1.99. The Bertz CT molecular complexity index is 1110. The molecule has 2 aromatic carbocycles. The molecule has 4 rings (SSSR count). The number of para-hydroxylation sites is 1. The molecule has 1 amide bonds. The predicted molar refractivity (Wildman–Crippen MR) is 111 cm³/mol. The van der Waals surface area contributed by atoms with Crippen molar-refractivity contribution < 1.29 is 4.79 Å². The number of aryl methyl sites for hydroxylation is 1. The molecule has 5 nitrogen and oxygen atoms in total. The summed E-state index contributed by atoms with van der Waals surface area (Å²) in [5.74, 6) is -0.113. The van der Waals surface area contributed by atoms with Crippen molar-refractivity contribution in [2.75, 3.05) is 6.54 Å². The van der Waals surface area contributed by atoms with Gasteiger partial charge in [-0.25, -0.2) is 9.97 Å². The van der Waals surface area contributed by atoms with Crippen molar-refractivity contribution in [3.05, 3.63) is 83.9 Å². The van der Waals surface area contributed by atoms with Gasteiger partial charge in [-0.15, -0.1) is 0 Å². The fraction of sp³-hybridized carbons (Fsp3) is 0.136. The molecule has 0 aliphatic rings. The number of fused-ring (bicyclic) bond motifs is 1. The Labute approximate surface area is 168 Å². The lowest BCUT2D eigenvalue weighted by Crippen LogP contribution is -2.25. The Morgan fingerprint density at radius 1 is 1.11 bits per heavy atom. The van der Waals surface area contributed by atoms with Crippen molar-refractivity contribution in [1.29, 1.82) is 0 Å². The molecular weight excluding hydrogens is 372 g/mol. The number of nitrogens with one attached hydrogen (secondary N) is 1. The molecule has 0 aliphatic carbocycles. The summed E-state index contributed by atoms with van der Waals surface area (Å²) in [4.78, 5) is 21.6. The topological polar surface area (TPSA) is 59.8 Å². The van der Waals surface area contributed by atoms with Crippen LogP contribution in [0.3, 0.4) is 0 Å². The molecule has 0 aliphatic heterocycles.